The van der Waals surface area contributed by atoms with Crippen LogP contribution < -0.4 is 22.1 Å². The molecule has 6 N–H and O–H groups in total. The standard InChI is InChI=1S/C23H30N6O3/c1-2-3-4-19(24)17-13-18(21(30)14-20(17)25)22-26-27-23(31)29(22)16-7-5-15(6-8-16)28-9-11-32-12-10-28/h5-8,13-14,19,30H,2-4,9-12,24-25H2,1H3,(H,27,31). The summed E-state index contributed by atoms with van der Waals surface area (Å²) in [4.78, 5) is 14.9. The number of anilines is 2. The summed E-state index contributed by atoms with van der Waals surface area (Å²) in [5, 5.41) is 17.3. The quantitative estimate of drug-likeness (QED) is 0.416. The summed E-state index contributed by atoms with van der Waals surface area (Å²) in [6.07, 6.45) is 2.78. The number of phenolic OH excluding ortho intramolecular Hbond substituents is 1. The SMILES string of the molecule is CCCCC(N)c1cc(-c2n[nH]c(=O)n2-c2ccc(N3CCOCC3)cc2)c(O)cc1N. The van der Waals surface area contributed by atoms with E-state index in [4.69, 9.17) is 16.2 Å². The van der Waals surface area contributed by atoms with Crippen LogP contribution in [0.15, 0.2) is 41.2 Å². The number of H-pyrrole nitrogens is 1. The van der Waals surface area contributed by atoms with E-state index in [-0.39, 0.29) is 11.8 Å². The first-order chi connectivity index (χ1) is 15.5. The summed E-state index contributed by atoms with van der Waals surface area (Å²) in [6, 6.07) is 10.6. The molecule has 0 saturated carbocycles. The molecule has 2 aromatic carbocycles. The third-order valence-electron chi connectivity index (χ3n) is 5.87. The molecule has 1 fully saturated rings. The number of nitrogens with one attached hydrogen (secondary N) is 1. The average Bonchev–Trinajstić information content (AvgIpc) is 3.19. The van der Waals surface area contributed by atoms with E-state index in [1.165, 1.54) is 10.6 Å². The van der Waals surface area contributed by atoms with Crippen molar-refractivity contribution in [2.24, 2.45) is 5.73 Å². The third kappa shape index (κ3) is 4.35. The Bertz CT molecular complexity index is 1120. The van der Waals surface area contributed by atoms with Crippen molar-refractivity contribution in [3.05, 3.63) is 52.4 Å². The number of phenols is 1. The Labute approximate surface area is 186 Å². The van der Waals surface area contributed by atoms with Crippen LogP contribution in [-0.4, -0.2) is 46.2 Å². The van der Waals surface area contributed by atoms with Crippen LogP contribution in [0.5, 0.6) is 5.75 Å². The minimum atomic E-state index is -0.396. The van der Waals surface area contributed by atoms with Crippen molar-refractivity contribution in [3.63, 3.8) is 0 Å². The molecule has 0 bridgehead atoms. The molecule has 2 heterocycles. The number of aromatic hydroxyl groups is 1. The highest BCUT2D eigenvalue weighted by molar-refractivity contribution is 5.72. The van der Waals surface area contributed by atoms with Crippen LogP contribution in [0.1, 0.15) is 37.8 Å². The highest BCUT2D eigenvalue weighted by atomic mass is 16.5. The molecule has 9 nitrogen and oxygen atoms in total. The van der Waals surface area contributed by atoms with Gasteiger partial charge in [-0.2, -0.15) is 5.10 Å². The van der Waals surface area contributed by atoms with E-state index in [0.29, 0.717) is 36.0 Å². The van der Waals surface area contributed by atoms with E-state index in [1.54, 1.807) is 6.07 Å². The second-order valence-corrected chi connectivity index (χ2v) is 8.05. The van der Waals surface area contributed by atoms with E-state index in [9.17, 15) is 9.90 Å². The lowest BCUT2D eigenvalue weighted by Crippen LogP contribution is -2.36. The van der Waals surface area contributed by atoms with Crippen molar-refractivity contribution in [2.45, 2.75) is 32.2 Å². The lowest BCUT2D eigenvalue weighted by atomic mass is 9.97. The number of aromatic nitrogens is 3. The molecule has 0 amide bonds. The van der Waals surface area contributed by atoms with Crippen LogP contribution in [0.2, 0.25) is 0 Å². The third-order valence-corrected chi connectivity index (χ3v) is 5.87. The number of nitrogens with zero attached hydrogens (tertiary/aromatic N) is 3. The van der Waals surface area contributed by atoms with Gasteiger partial charge in [-0.3, -0.25) is 0 Å². The molecule has 3 aromatic rings. The molecule has 9 heteroatoms. The van der Waals surface area contributed by atoms with Gasteiger partial charge in [-0.1, -0.05) is 19.8 Å². The predicted octanol–water partition coefficient (Wildman–Crippen LogP) is 2.54. The maximum atomic E-state index is 12.6. The van der Waals surface area contributed by atoms with Gasteiger partial charge in [0.1, 0.15) is 5.75 Å². The van der Waals surface area contributed by atoms with E-state index in [2.05, 4.69) is 22.0 Å². The van der Waals surface area contributed by atoms with Crippen molar-refractivity contribution in [3.8, 4) is 22.8 Å². The van der Waals surface area contributed by atoms with Gasteiger partial charge in [0.2, 0.25) is 0 Å². The van der Waals surface area contributed by atoms with Crippen LogP contribution in [0, 0.1) is 0 Å². The number of hydrogen-bond donors (Lipinski definition) is 4. The first-order valence-electron chi connectivity index (χ1n) is 11.0. The van der Waals surface area contributed by atoms with Gasteiger partial charge >= 0.3 is 5.69 Å². The van der Waals surface area contributed by atoms with Crippen molar-refractivity contribution in [1.29, 1.82) is 0 Å². The minimum Gasteiger partial charge on any atom is -0.507 e. The maximum absolute atomic E-state index is 12.6. The summed E-state index contributed by atoms with van der Waals surface area (Å²) >= 11 is 0. The molecule has 1 aromatic heterocycles. The molecule has 1 atom stereocenters. The van der Waals surface area contributed by atoms with Gasteiger partial charge in [-0.25, -0.2) is 14.5 Å². The molecular weight excluding hydrogens is 408 g/mol. The second kappa shape index (κ2) is 9.46. The summed E-state index contributed by atoms with van der Waals surface area (Å²) < 4.78 is 6.85. The summed E-state index contributed by atoms with van der Waals surface area (Å²) in [5.74, 6) is 0.245. The normalized spacial score (nSPS) is 15.1. The van der Waals surface area contributed by atoms with Crippen LogP contribution >= 0.6 is 0 Å². The Morgan fingerprint density at radius 1 is 1.19 bits per heavy atom. The molecule has 32 heavy (non-hydrogen) atoms. The van der Waals surface area contributed by atoms with E-state index in [0.717, 1.165) is 43.6 Å². The van der Waals surface area contributed by atoms with Gasteiger partial charge in [0.15, 0.2) is 5.82 Å². The van der Waals surface area contributed by atoms with Crippen molar-refractivity contribution < 1.29 is 9.84 Å². The molecule has 1 unspecified atom stereocenters. The molecule has 4 rings (SSSR count). The number of unbranched alkanes of at least 4 members (excludes halogenated alkanes) is 1. The number of morpholine rings is 1. The Kier molecular flexibility index (Phi) is 6.48. The maximum Gasteiger partial charge on any atom is 0.348 e. The first-order valence-corrected chi connectivity index (χ1v) is 11.0. The lowest BCUT2D eigenvalue weighted by molar-refractivity contribution is 0.122. The van der Waals surface area contributed by atoms with Crippen LogP contribution in [-0.2, 0) is 4.74 Å². The minimum absolute atomic E-state index is 0.0564. The number of nitrogens with two attached hydrogens (primary N) is 2. The van der Waals surface area contributed by atoms with Gasteiger partial charge in [0.25, 0.3) is 0 Å². The van der Waals surface area contributed by atoms with E-state index < -0.39 is 5.69 Å². The molecule has 1 aliphatic rings. The highest BCUT2D eigenvalue weighted by Gasteiger charge is 2.20. The molecule has 0 radical (unpaired) electrons. The van der Waals surface area contributed by atoms with Crippen LogP contribution in [0.3, 0.4) is 0 Å². The van der Waals surface area contributed by atoms with Gasteiger partial charge in [0.05, 0.1) is 24.5 Å². The van der Waals surface area contributed by atoms with E-state index in [1.807, 2.05) is 24.3 Å². The average molecular weight is 439 g/mol. The van der Waals surface area contributed by atoms with Crippen molar-refractivity contribution in [1.82, 2.24) is 14.8 Å². The monoisotopic (exact) mass is 438 g/mol. The zero-order chi connectivity index (χ0) is 22.7. The fourth-order valence-electron chi connectivity index (χ4n) is 4.05. The highest BCUT2D eigenvalue weighted by Crippen LogP contribution is 2.35. The summed E-state index contributed by atoms with van der Waals surface area (Å²) in [5.41, 5.74) is 15.3. The van der Waals surface area contributed by atoms with E-state index >= 15 is 0 Å². The number of ether oxygens (including phenoxy) is 1. The topological polar surface area (TPSA) is 135 Å². The first kappa shape index (κ1) is 21.9. The fraction of sp³-hybridized carbons (Fsp3) is 0.391. The number of nitrogen functional groups attached to an aromatic ring is 1. The molecule has 1 aliphatic heterocycles. The fourth-order valence-corrected chi connectivity index (χ4v) is 4.05. The Morgan fingerprint density at radius 2 is 1.88 bits per heavy atom. The zero-order valence-electron chi connectivity index (χ0n) is 18.3. The van der Waals surface area contributed by atoms with Gasteiger partial charge in [0, 0.05) is 36.6 Å². The van der Waals surface area contributed by atoms with Crippen molar-refractivity contribution >= 4 is 11.4 Å². The molecule has 1 saturated heterocycles. The Morgan fingerprint density at radius 3 is 2.56 bits per heavy atom. The number of rotatable bonds is 7. The Balaban J connectivity index is 1.71. The number of aromatic amines is 1. The van der Waals surface area contributed by atoms with Crippen LogP contribution in [0.25, 0.3) is 17.1 Å². The van der Waals surface area contributed by atoms with Crippen molar-refractivity contribution in [2.75, 3.05) is 36.9 Å². The summed E-state index contributed by atoms with van der Waals surface area (Å²) in [6.45, 7) is 5.16. The summed E-state index contributed by atoms with van der Waals surface area (Å²) in [7, 11) is 0. The zero-order valence-corrected chi connectivity index (χ0v) is 18.3. The molecule has 0 aliphatic carbocycles. The Hall–Kier alpha value is -3.30. The van der Waals surface area contributed by atoms with Gasteiger partial charge in [-0.15, -0.1) is 0 Å². The number of hydrogen-bond acceptors (Lipinski definition) is 7. The largest absolute Gasteiger partial charge is 0.507 e. The van der Waals surface area contributed by atoms with Crippen LogP contribution in [0.4, 0.5) is 11.4 Å². The molecule has 0 spiro atoms. The predicted molar refractivity (Wildman–Crippen MR) is 125 cm³/mol. The second-order valence-electron chi connectivity index (χ2n) is 8.05. The number of benzene rings is 2. The van der Waals surface area contributed by atoms with Gasteiger partial charge < -0.3 is 26.2 Å². The molecule has 170 valence electrons. The van der Waals surface area contributed by atoms with Gasteiger partial charge in [-0.05, 0) is 42.3 Å². The smallest absolute Gasteiger partial charge is 0.348 e. The lowest BCUT2D eigenvalue weighted by Gasteiger charge is -2.28. The molecular formula is C23H30N6O3.